The van der Waals surface area contributed by atoms with Crippen LogP contribution in [0.4, 0.5) is 13.2 Å². The summed E-state index contributed by atoms with van der Waals surface area (Å²) in [5, 5.41) is 13.6. The fraction of sp³-hybridized carbons (Fsp3) is 0.478. The highest BCUT2D eigenvalue weighted by Crippen LogP contribution is 2.45. The van der Waals surface area contributed by atoms with Crippen molar-refractivity contribution in [2.24, 2.45) is 0 Å². The van der Waals surface area contributed by atoms with Gasteiger partial charge in [0.15, 0.2) is 5.60 Å². The van der Waals surface area contributed by atoms with E-state index in [-0.39, 0.29) is 6.04 Å². The van der Waals surface area contributed by atoms with Crippen molar-refractivity contribution in [3.05, 3.63) is 65.2 Å². The van der Waals surface area contributed by atoms with Crippen molar-refractivity contribution in [2.45, 2.75) is 56.8 Å². The van der Waals surface area contributed by atoms with Gasteiger partial charge in [-0.2, -0.15) is 13.2 Å². The number of rotatable bonds is 7. The lowest BCUT2D eigenvalue weighted by atomic mass is 9.74. The third kappa shape index (κ3) is 4.59. The van der Waals surface area contributed by atoms with Gasteiger partial charge in [0.25, 0.3) is 0 Å². The van der Waals surface area contributed by atoms with Gasteiger partial charge in [0, 0.05) is 24.6 Å². The number of fused-ring (bicyclic) bond motifs is 1. The molecule has 158 valence electrons. The van der Waals surface area contributed by atoms with Gasteiger partial charge in [-0.25, -0.2) is 0 Å². The summed E-state index contributed by atoms with van der Waals surface area (Å²) in [6, 6.07) is 14.5. The summed E-state index contributed by atoms with van der Waals surface area (Å²) in [5.41, 5.74) is -1.24. The normalized spacial score (nSPS) is 17.3. The first-order valence-corrected chi connectivity index (χ1v) is 9.86. The number of halogens is 3. The molecule has 2 atom stereocenters. The summed E-state index contributed by atoms with van der Waals surface area (Å²) in [4.78, 5) is 0. The molecule has 29 heavy (non-hydrogen) atoms. The molecule has 3 rings (SSSR count). The first-order valence-electron chi connectivity index (χ1n) is 9.86. The average molecular weight is 407 g/mol. The molecule has 0 amide bonds. The van der Waals surface area contributed by atoms with E-state index in [1.54, 1.807) is 26.8 Å². The Balaban J connectivity index is 1.82. The molecule has 2 aromatic rings. The van der Waals surface area contributed by atoms with Crippen molar-refractivity contribution in [1.82, 2.24) is 5.32 Å². The van der Waals surface area contributed by atoms with E-state index in [2.05, 4.69) is 5.32 Å². The number of benzene rings is 2. The van der Waals surface area contributed by atoms with Crippen molar-refractivity contribution in [1.29, 1.82) is 0 Å². The third-order valence-corrected chi connectivity index (χ3v) is 5.71. The van der Waals surface area contributed by atoms with E-state index in [9.17, 15) is 18.3 Å². The standard InChI is InChI=1S/C23H28F3NO2/c1-16(17-8-5-4-6-9-17)27-15-22(28,23(24,25)26)14-21(2,3)19-11-7-10-18-12-13-29-20(18)19/h4-11,16,27-28H,12-15H2,1-3H3/t16-,22-/m1/s1. The smallest absolute Gasteiger partial charge is 0.418 e. The van der Waals surface area contributed by atoms with Gasteiger partial charge in [-0.3, -0.25) is 0 Å². The molecule has 0 bridgehead atoms. The van der Waals surface area contributed by atoms with E-state index in [0.29, 0.717) is 17.9 Å². The highest BCUT2D eigenvalue weighted by Gasteiger charge is 2.56. The van der Waals surface area contributed by atoms with Crippen LogP contribution in [0.15, 0.2) is 48.5 Å². The molecule has 6 heteroatoms. The second kappa shape index (κ2) is 8.00. The molecule has 3 nitrogen and oxygen atoms in total. The maximum absolute atomic E-state index is 14.0. The van der Waals surface area contributed by atoms with Gasteiger partial charge >= 0.3 is 6.18 Å². The zero-order chi connectivity index (χ0) is 21.3. The van der Waals surface area contributed by atoms with Gasteiger partial charge in [-0.1, -0.05) is 62.4 Å². The van der Waals surface area contributed by atoms with Gasteiger partial charge in [0.2, 0.25) is 0 Å². The predicted octanol–water partition coefficient (Wildman–Crippen LogP) is 4.93. The van der Waals surface area contributed by atoms with Crippen LogP contribution in [0, 0.1) is 0 Å². The summed E-state index contributed by atoms with van der Waals surface area (Å²) in [7, 11) is 0. The van der Waals surface area contributed by atoms with Crippen molar-refractivity contribution in [3.8, 4) is 5.75 Å². The Bertz CT molecular complexity index is 836. The number of hydrogen-bond donors (Lipinski definition) is 2. The second-order valence-electron chi connectivity index (χ2n) is 8.50. The van der Waals surface area contributed by atoms with E-state index in [0.717, 1.165) is 17.5 Å². The maximum Gasteiger partial charge on any atom is 0.418 e. The number of aliphatic hydroxyl groups is 1. The summed E-state index contributed by atoms with van der Waals surface area (Å²) >= 11 is 0. The van der Waals surface area contributed by atoms with Crippen LogP contribution >= 0.6 is 0 Å². The Kier molecular flexibility index (Phi) is 5.97. The topological polar surface area (TPSA) is 41.5 Å². The molecule has 2 aromatic carbocycles. The van der Waals surface area contributed by atoms with Crippen LogP contribution in [0.5, 0.6) is 5.75 Å². The summed E-state index contributed by atoms with van der Waals surface area (Å²) in [6.45, 7) is 5.17. The second-order valence-corrected chi connectivity index (χ2v) is 8.50. The van der Waals surface area contributed by atoms with Gasteiger partial charge < -0.3 is 15.2 Å². The summed E-state index contributed by atoms with van der Waals surface area (Å²) in [6.07, 6.45) is -4.50. The molecule has 0 saturated heterocycles. The highest BCUT2D eigenvalue weighted by atomic mass is 19.4. The number of alkyl halides is 3. The predicted molar refractivity (Wildman–Crippen MR) is 107 cm³/mol. The van der Waals surface area contributed by atoms with Crippen LogP contribution in [0.3, 0.4) is 0 Å². The van der Waals surface area contributed by atoms with Gasteiger partial charge in [0.1, 0.15) is 5.75 Å². The molecule has 0 aliphatic carbocycles. The Labute approximate surface area is 169 Å². The summed E-state index contributed by atoms with van der Waals surface area (Å²) in [5.74, 6) is 0.660. The minimum Gasteiger partial charge on any atom is -0.493 e. The fourth-order valence-electron chi connectivity index (χ4n) is 4.02. The van der Waals surface area contributed by atoms with Crippen molar-refractivity contribution < 1.29 is 23.0 Å². The molecule has 0 unspecified atom stereocenters. The van der Waals surface area contributed by atoms with E-state index in [4.69, 9.17) is 4.74 Å². The number of hydrogen-bond acceptors (Lipinski definition) is 3. The third-order valence-electron chi connectivity index (χ3n) is 5.71. The van der Waals surface area contributed by atoms with Gasteiger partial charge in [-0.05, 0) is 29.9 Å². The van der Waals surface area contributed by atoms with Crippen LogP contribution in [0.25, 0.3) is 0 Å². The number of para-hydroxylation sites is 1. The molecule has 0 spiro atoms. The van der Waals surface area contributed by atoms with E-state index in [1.807, 2.05) is 42.5 Å². The molecule has 1 aliphatic rings. The average Bonchev–Trinajstić information content (AvgIpc) is 3.14. The Hall–Kier alpha value is -2.05. The van der Waals surface area contributed by atoms with Crippen molar-refractivity contribution in [3.63, 3.8) is 0 Å². The fourth-order valence-corrected chi connectivity index (χ4v) is 4.02. The molecule has 1 heterocycles. The van der Waals surface area contributed by atoms with Crippen LogP contribution in [0.2, 0.25) is 0 Å². The van der Waals surface area contributed by atoms with E-state index < -0.39 is 30.2 Å². The lowest BCUT2D eigenvalue weighted by Crippen LogP contribution is -2.55. The molecule has 0 saturated carbocycles. The summed E-state index contributed by atoms with van der Waals surface area (Å²) < 4.78 is 47.6. The minimum atomic E-state index is -4.77. The van der Waals surface area contributed by atoms with Crippen LogP contribution in [0.1, 0.15) is 49.9 Å². The number of ether oxygens (including phenoxy) is 1. The zero-order valence-electron chi connectivity index (χ0n) is 17.0. The Morgan fingerprint density at radius 3 is 2.41 bits per heavy atom. The van der Waals surface area contributed by atoms with E-state index in [1.165, 1.54) is 0 Å². The van der Waals surface area contributed by atoms with Crippen LogP contribution in [-0.2, 0) is 11.8 Å². The quantitative estimate of drug-likeness (QED) is 0.684. The molecular formula is C23H28F3NO2. The first-order chi connectivity index (χ1) is 13.5. The maximum atomic E-state index is 14.0. The molecule has 0 radical (unpaired) electrons. The molecule has 2 N–H and O–H groups in total. The zero-order valence-corrected chi connectivity index (χ0v) is 17.0. The SMILES string of the molecule is C[C@@H](NC[C@](O)(CC(C)(C)c1cccc2c1OCC2)C(F)(F)F)c1ccccc1. The largest absolute Gasteiger partial charge is 0.493 e. The molecular weight excluding hydrogens is 379 g/mol. The Morgan fingerprint density at radius 2 is 1.76 bits per heavy atom. The molecule has 0 fully saturated rings. The lowest BCUT2D eigenvalue weighted by molar-refractivity contribution is -0.264. The van der Waals surface area contributed by atoms with Crippen LogP contribution < -0.4 is 10.1 Å². The van der Waals surface area contributed by atoms with Crippen LogP contribution in [-0.4, -0.2) is 30.0 Å². The lowest BCUT2D eigenvalue weighted by Gasteiger charge is -2.39. The number of nitrogens with one attached hydrogen (secondary N) is 1. The van der Waals surface area contributed by atoms with Gasteiger partial charge in [-0.15, -0.1) is 0 Å². The Morgan fingerprint density at radius 1 is 1.07 bits per heavy atom. The molecule has 1 aliphatic heterocycles. The van der Waals surface area contributed by atoms with Crippen molar-refractivity contribution >= 4 is 0 Å². The first kappa shape index (κ1) is 21.7. The minimum absolute atomic E-state index is 0.322. The molecule has 0 aromatic heterocycles. The highest BCUT2D eigenvalue weighted by molar-refractivity contribution is 5.47. The van der Waals surface area contributed by atoms with Gasteiger partial charge in [0.05, 0.1) is 6.61 Å². The monoisotopic (exact) mass is 407 g/mol. The van der Waals surface area contributed by atoms with Crippen molar-refractivity contribution in [2.75, 3.05) is 13.2 Å². The van der Waals surface area contributed by atoms with E-state index >= 15 is 0 Å².